The molecule has 1 aromatic rings. The first-order chi connectivity index (χ1) is 8.41. The van der Waals surface area contributed by atoms with Gasteiger partial charge in [0.05, 0.1) is 11.7 Å². The molecule has 18 heavy (non-hydrogen) atoms. The Balaban J connectivity index is 2.54. The number of amides is 2. The lowest BCUT2D eigenvalue weighted by atomic mass is 10.1. The number of nitrogens with two attached hydrogens (primary N) is 2. The van der Waals surface area contributed by atoms with Gasteiger partial charge in [0.15, 0.2) is 6.10 Å². The highest BCUT2D eigenvalue weighted by Crippen LogP contribution is 2.35. The van der Waals surface area contributed by atoms with Gasteiger partial charge in [0, 0.05) is 5.69 Å². The highest BCUT2D eigenvalue weighted by atomic mass is 16.5. The maximum atomic E-state index is 12.0. The van der Waals surface area contributed by atoms with Crippen LogP contribution in [0.4, 0.5) is 11.4 Å². The summed E-state index contributed by atoms with van der Waals surface area (Å²) in [6.07, 6.45) is -0.719. The second-order valence-electron chi connectivity index (χ2n) is 4.29. The zero-order chi connectivity index (χ0) is 13.4. The number of hydrogen-bond acceptors (Lipinski definition) is 5. The van der Waals surface area contributed by atoms with E-state index in [1.165, 1.54) is 13.0 Å². The molecule has 0 aliphatic carbocycles. The quantitative estimate of drug-likeness (QED) is 0.695. The Labute approximate surface area is 104 Å². The minimum Gasteiger partial charge on any atom is -0.479 e. The highest BCUT2D eigenvalue weighted by molar-refractivity contribution is 6.19. The number of rotatable bonds is 1. The molecular weight excluding hydrogens is 234 g/mol. The molecule has 0 saturated heterocycles. The van der Waals surface area contributed by atoms with Gasteiger partial charge in [-0.2, -0.15) is 0 Å². The number of imide groups is 1. The zero-order valence-corrected chi connectivity index (χ0v) is 10.2. The van der Waals surface area contributed by atoms with E-state index in [4.69, 9.17) is 16.2 Å². The lowest BCUT2D eigenvalue weighted by Gasteiger charge is -2.32. The fourth-order valence-electron chi connectivity index (χ4n) is 1.78. The van der Waals surface area contributed by atoms with Crippen molar-refractivity contribution in [1.29, 1.82) is 0 Å². The highest BCUT2D eigenvalue weighted by Gasteiger charge is 2.36. The molecule has 1 aliphatic rings. The number of hydrogen-bond donors (Lipinski definition) is 2. The van der Waals surface area contributed by atoms with Gasteiger partial charge in [0.1, 0.15) is 5.75 Å². The topological polar surface area (TPSA) is 98.7 Å². The number of carbonyl (C=O) groups excluding carboxylic acids is 2. The van der Waals surface area contributed by atoms with E-state index >= 15 is 0 Å². The SMILES string of the molecule is CC(N)C(=O)N1C(=O)C(C)Oc2ccc(N)cc21. The molecule has 1 heterocycles. The van der Waals surface area contributed by atoms with Crippen molar-refractivity contribution >= 4 is 23.2 Å². The minimum atomic E-state index is -0.770. The van der Waals surface area contributed by atoms with Crippen LogP contribution in [0, 0.1) is 0 Å². The summed E-state index contributed by atoms with van der Waals surface area (Å²) in [6.45, 7) is 3.12. The summed E-state index contributed by atoms with van der Waals surface area (Å²) < 4.78 is 5.42. The molecule has 1 aliphatic heterocycles. The molecule has 6 heteroatoms. The third kappa shape index (κ3) is 1.91. The molecular formula is C12H15N3O3. The molecule has 0 aromatic heterocycles. The van der Waals surface area contributed by atoms with Crippen molar-refractivity contribution < 1.29 is 14.3 Å². The summed E-state index contributed by atoms with van der Waals surface area (Å²) >= 11 is 0. The van der Waals surface area contributed by atoms with Crippen LogP contribution in [0.5, 0.6) is 5.75 Å². The van der Waals surface area contributed by atoms with E-state index < -0.39 is 24.0 Å². The maximum Gasteiger partial charge on any atom is 0.274 e. The zero-order valence-electron chi connectivity index (χ0n) is 10.2. The van der Waals surface area contributed by atoms with Crippen molar-refractivity contribution in [2.75, 3.05) is 10.6 Å². The van der Waals surface area contributed by atoms with Gasteiger partial charge in [0.2, 0.25) is 0 Å². The lowest BCUT2D eigenvalue weighted by Crippen LogP contribution is -2.52. The molecule has 4 N–H and O–H groups in total. The van der Waals surface area contributed by atoms with Crippen LogP contribution in [0.2, 0.25) is 0 Å². The molecule has 0 radical (unpaired) electrons. The van der Waals surface area contributed by atoms with E-state index in [0.29, 0.717) is 17.1 Å². The minimum absolute atomic E-state index is 0.348. The third-order valence-corrected chi connectivity index (χ3v) is 2.71. The normalized spacial score (nSPS) is 20.1. The van der Waals surface area contributed by atoms with Crippen LogP contribution in [-0.2, 0) is 9.59 Å². The van der Waals surface area contributed by atoms with Crippen LogP contribution in [0.1, 0.15) is 13.8 Å². The summed E-state index contributed by atoms with van der Waals surface area (Å²) in [4.78, 5) is 25.1. The predicted molar refractivity (Wildman–Crippen MR) is 67.1 cm³/mol. The standard InChI is InChI=1S/C12H15N3O3/c1-6(13)11(16)15-9-5-8(14)3-4-10(9)18-7(2)12(15)17/h3-7H,13-14H2,1-2H3. The van der Waals surface area contributed by atoms with Crippen LogP contribution >= 0.6 is 0 Å². The van der Waals surface area contributed by atoms with Crippen LogP contribution < -0.4 is 21.1 Å². The molecule has 2 unspecified atom stereocenters. The van der Waals surface area contributed by atoms with Crippen LogP contribution in [0.25, 0.3) is 0 Å². The van der Waals surface area contributed by atoms with Crippen molar-refractivity contribution in [3.05, 3.63) is 18.2 Å². The van der Waals surface area contributed by atoms with E-state index in [1.54, 1.807) is 19.1 Å². The Morgan fingerprint density at radius 1 is 1.50 bits per heavy atom. The van der Waals surface area contributed by atoms with Crippen LogP contribution in [0.3, 0.4) is 0 Å². The van der Waals surface area contributed by atoms with Crippen molar-refractivity contribution in [3.63, 3.8) is 0 Å². The van der Waals surface area contributed by atoms with Gasteiger partial charge in [-0.1, -0.05) is 0 Å². The number of anilines is 2. The smallest absolute Gasteiger partial charge is 0.274 e. The number of nitrogen functional groups attached to an aromatic ring is 1. The molecule has 2 atom stereocenters. The van der Waals surface area contributed by atoms with Gasteiger partial charge < -0.3 is 16.2 Å². The molecule has 0 fully saturated rings. The summed E-state index contributed by atoms with van der Waals surface area (Å²) in [6, 6.07) is 4.04. The molecule has 2 amide bonds. The Kier molecular flexibility index (Phi) is 2.96. The average molecular weight is 249 g/mol. The van der Waals surface area contributed by atoms with Gasteiger partial charge in [-0.05, 0) is 32.0 Å². The number of ether oxygens (including phenoxy) is 1. The summed E-state index contributed by atoms with van der Waals surface area (Å²) in [5.74, 6) is -0.456. The van der Waals surface area contributed by atoms with Crippen molar-refractivity contribution in [2.45, 2.75) is 26.0 Å². The molecule has 6 nitrogen and oxygen atoms in total. The number of fused-ring (bicyclic) bond motifs is 1. The van der Waals surface area contributed by atoms with Gasteiger partial charge in [-0.3, -0.25) is 9.59 Å². The van der Waals surface area contributed by atoms with Gasteiger partial charge in [-0.15, -0.1) is 0 Å². The first kappa shape index (κ1) is 12.4. The van der Waals surface area contributed by atoms with Crippen molar-refractivity contribution in [2.24, 2.45) is 5.73 Å². The molecule has 2 rings (SSSR count). The van der Waals surface area contributed by atoms with Crippen LogP contribution in [-0.4, -0.2) is 24.0 Å². The van der Waals surface area contributed by atoms with Gasteiger partial charge in [-0.25, -0.2) is 4.90 Å². The van der Waals surface area contributed by atoms with E-state index in [-0.39, 0.29) is 0 Å². The summed E-state index contributed by atoms with van der Waals surface area (Å²) in [7, 11) is 0. The predicted octanol–water partition coefficient (Wildman–Crippen LogP) is 0.257. The van der Waals surface area contributed by atoms with Crippen molar-refractivity contribution in [3.8, 4) is 5.75 Å². The lowest BCUT2D eigenvalue weighted by molar-refractivity contribution is -0.131. The van der Waals surface area contributed by atoms with Crippen molar-refractivity contribution in [1.82, 2.24) is 0 Å². The first-order valence-corrected chi connectivity index (χ1v) is 5.61. The van der Waals surface area contributed by atoms with E-state index in [1.807, 2.05) is 0 Å². The Morgan fingerprint density at radius 2 is 2.17 bits per heavy atom. The number of carbonyl (C=O) groups is 2. The second kappa shape index (κ2) is 4.30. The van der Waals surface area contributed by atoms with E-state index in [0.717, 1.165) is 4.90 Å². The van der Waals surface area contributed by atoms with Crippen LogP contribution in [0.15, 0.2) is 18.2 Å². The molecule has 0 saturated carbocycles. The first-order valence-electron chi connectivity index (χ1n) is 5.61. The third-order valence-electron chi connectivity index (χ3n) is 2.71. The average Bonchev–Trinajstić information content (AvgIpc) is 2.31. The fourth-order valence-corrected chi connectivity index (χ4v) is 1.78. The monoisotopic (exact) mass is 249 g/mol. The maximum absolute atomic E-state index is 12.0. The fraction of sp³-hybridized carbons (Fsp3) is 0.333. The van der Waals surface area contributed by atoms with E-state index in [9.17, 15) is 9.59 Å². The van der Waals surface area contributed by atoms with Gasteiger partial charge >= 0.3 is 0 Å². The van der Waals surface area contributed by atoms with E-state index in [2.05, 4.69) is 0 Å². The summed E-state index contributed by atoms with van der Waals surface area (Å²) in [5, 5.41) is 0. The Bertz CT molecular complexity index is 513. The van der Waals surface area contributed by atoms with Gasteiger partial charge in [0.25, 0.3) is 11.8 Å². The second-order valence-corrected chi connectivity index (χ2v) is 4.29. The Hall–Kier alpha value is -2.08. The molecule has 96 valence electrons. The number of benzene rings is 1. The Morgan fingerprint density at radius 3 is 2.78 bits per heavy atom. The molecule has 1 aromatic carbocycles. The number of nitrogens with zero attached hydrogens (tertiary/aromatic N) is 1. The summed E-state index contributed by atoms with van der Waals surface area (Å²) in [5.41, 5.74) is 12.0. The largest absolute Gasteiger partial charge is 0.479 e. The molecule has 0 bridgehead atoms. The molecule has 0 spiro atoms.